The highest BCUT2D eigenvalue weighted by Crippen LogP contribution is 2.29. The molecular weight excluding hydrogens is 404 g/mol. The number of pyridine rings is 1. The van der Waals surface area contributed by atoms with Gasteiger partial charge in [-0.05, 0) is 69.5 Å². The summed E-state index contributed by atoms with van der Waals surface area (Å²) >= 11 is 0. The van der Waals surface area contributed by atoms with Gasteiger partial charge >= 0.3 is 0 Å². The summed E-state index contributed by atoms with van der Waals surface area (Å²) in [4.78, 5) is 22.0. The number of anilines is 1. The van der Waals surface area contributed by atoms with Crippen LogP contribution in [0.4, 0.5) is 5.82 Å². The molecule has 1 saturated carbocycles. The number of piperazine rings is 1. The zero-order valence-electron chi connectivity index (χ0n) is 19.0. The number of amides is 1. The number of ether oxygens (including phenoxy) is 1. The lowest BCUT2D eigenvalue weighted by Crippen LogP contribution is -2.47. The van der Waals surface area contributed by atoms with Crippen molar-refractivity contribution in [1.29, 1.82) is 0 Å². The third-order valence-electron chi connectivity index (χ3n) is 7.66. The molecule has 5 rings (SSSR count). The summed E-state index contributed by atoms with van der Waals surface area (Å²) in [6, 6.07) is 4.38. The minimum atomic E-state index is 0.162. The Morgan fingerprint density at radius 1 is 1.03 bits per heavy atom. The van der Waals surface area contributed by atoms with Crippen LogP contribution in [0.1, 0.15) is 44.9 Å². The summed E-state index contributed by atoms with van der Waals surface area (Å²) in [6.45, 7) is 6.79. The normalized spacial score (nSPS) is 25.8. The highest BCUT2D eigenvalue weighted by Gasteiger charge is 2.27. The maximum atomic E-state index is 12.5. The largest absolute Gasteiger partial charge is 0.460 e. The van der Waals surface area contributed by atoms with Gasteiger partial charge < -0.3 is 19.4 Å². The van der Waals surface area contributed by atoms with Gasteiger partial charge in [-0.2, -0.15) is 0 Å². The van der Waals surface area contributed by atoms with E-state index in [0.717, 1.165) is 87.8 Å². The third kappa shape index (κ3) is 5.09. The summed E-state index contributed by atoms with van der Waals surface area (Å²) in [7, 11) is 0. The standard InChI is InChI=1S/C25H36N4O3/c30-25(21-7-16-31-17-8-21)27-22-3-1-19(2-4-22)6-11-28-12-14-29(15-13-28)24-23-20(5-10-26-24)9-18-32-23/h5,9-10,18-19,21-22H,1-4,6-8,11-17H2,(H,27,30). The van der Waals surface area contributed by atoms with Gasteiger partial charge in [0.1, 0.15) is 0 Å². The second-order valence-corrected chi connectivity index (χ2v) is 9.70. The molecule has 3 aliphatic rings. The monoisotopic (exact) mass is 440 g/mol. The van der Waals surface area contributed by atoms with Crippen LogP contribution in [-0.4, -0.2) is 67.8 Å². The number of fused-ring (bicyclic) bond motifs is 1. The fraction of sp³-hybridized carbons (Fsp3) is 0.680. The first-order valence-electron chi connectivity index (χ1n) is 12.4. The lowest BCUT2D eigenvalue weighted by molar-refractivity contribution is -0.128. The molecule has 0 aromatic carbocycles. The number of carbonyl (C=O) groups is 1. The smallest absolute Gasteiger partial charge is 0.223 e. The van der Waals surface area contributed by atoms with Crippen molar-refractivity contribution in [3.63, 3.8) is 0 Å². The Hall–Kier alpha value is -2.12. The van der Waals surface area contributed by atoms with Crippen LogP contribution in [0.5, 0.6) is 0 Å². The highest BCUT2D eigenvalue weighted by molar-refractivity contribution is 5.87. The fourth-order valence-corrected chi connectivity index (χ4v) is 5.53. The van der Waals surface area contributed by atoms with E-state index in [1.807, 2.05) is 18.3 Å². The van der Waals surface area contributed by atoms with Crippen molar-refractivity contribution < 1.29 is 13.9 Å². The van der Waals surface area contributed by atoms with Gasteiger partial charge in [-0.15, -0.1) is 0 Å². The van der Waals surface area contributed by atoms with Gasteiger partial charge in [0.25, 0.3) is 0 Å². The van der Waals surface area contributed by atoms with Crippen molar-refractivity contribution in [2.75, 3.05) is 50.8 Å². The van der Waals surface area contributed by atoms with Crippen molar-refractivity contribution in [2.45, 2.75) is 51.0 Å². The van der Waals surface area contributed by atoms with E-state index in [9.17, 15) is 4.79 Å². The molecule has 32 heavy (non-hydrogen) atoms. The Morgan fingerprint density at radius 3 is 2.59 bits per heavy atom. The number of rotatable bonds is 6. The molecule has 2 saturated heterocycles. The van der Waals surface area contributed by atoms with E-state index < -0.39 is 0 Å². The Kier molecular flexibility index (Phi) is 6.93. The molecule has 7 heteroatoms. The van der Waals surface area contributed by atoms with Gasteiger partial charge in [-0.3, -0.25) is 9.69 Å². The lowest BCUT2D eigenvalue weighted by Gasteiger charge is -2.36. The van der Waals surface area contributed by atoms with E-state index in [0.29, 0.717) is 6.04 Å². The van der Waals surface area contributed by atoms with Gasteiger partial charge in [-0.25, -0.2) is 4.98 Å². The van der Waals surface area contributed by atoms with E-state index >= 15 is 0 Å². The SMILES string of the molecule is O=C(NC1CCC(CCN2CCN(c3nccc4ccoc34)CC2)CC1)C1CCOCC1. The Bertz CT molecular complexity index is 878. The molecule has 1 amide bonds. The van der Waals surface area contributed by atoms with Crippen LogP contribution in [-0.2, 0) is 9.53 Å². The number of nitrogens with one attached hydrogen (secondary N) is 1. The number of nitrogens with zero attached hydrogens (tertiary/aromatic N) is 3. The van der Waals surface area contributed by atoms with E-state index in [-0.39, 0.29) is 11.8 Å². The summed E-state index contributed by atoms with van der Waals surface area (Å²) in [5, 5.41) is 4.44. The van der Waals surface area contributed by atoms with Crippen LogP contribution in [0.2, 0.25) is 0 Å². The Morgan fingerprint density at radius 2 is 1.81 bits per heavy atom. The van der Waals surface area contributed by atoms with Gasteiger partial charge in [0.05, 0.1) is 6.26 Å². The first-order valence-corrected chi connectivity index (χ1v) is 12.4. The molecule has 2 aliphatic heterocycles. The molecule has 1 aliphatic carbocycles. The van der Waals surface area contributed by atoms with Crippen LogP contribution in [0.3, 0.4) is 0 Å². The van der Waals surface area contributed by atoms with Crippen LogP contribution in [0, 0.1) is 11.8 Å². The number of hydrogen-bond acceptors (Lipinski definition) is 6. The maximum absolute atomic E-state index is 12.5. The molecule has 0 unspecified atom stereocenters. The second-order valence-electron chi connectivity index (χ2n) is 9.70. The van der Waals surface area contributed by atoms with Crippen LogP contribution in [0.15, 0.2) is 29.0 Å². The first kappa shape index (κ1) is 21.7. The van der Waals surface area contributed by atoms with Crippen LogP contribution in [0.25, 0.3) is 11.0 Å². The van der Waals surface area contributed by atoms with Crippen molar-refractivity contribution in [1.82, 2.24) is 15.2 Å². The number of hydrogen-bond donors (Lipinski definition) is 1. The van der Waals surface area contributed by atoms with Crippen LogP contribution < -0.4 is 10.2 Å². The topological polar surface area (TPSA) is 70.8 Å². The molecule has 4 heterocycles. The predicted octanol–water partition coefficient (Wildman–Crippen LogP) is 3.44. The van der Waals surface area contributed by atoms with E-state index in [2.05, 4.69) is 20.1 Å². The molecule has 1 N–H and O–H groups in total. The summed E-state index contributed by atoms with van der Waals surface area (Å²) in [5.41, 5.74) is 0.904. The van der Waals surface area contributed by atoms with E-state index in [4.69, 9.17) is 9.15 Å². The van der Waals surface area contributed by atoms with Gasteiger partial charge in [0.15, 0.2) is 11.4 Å². The molecule has 2 aromatic rings. The maximum Gasteiger partial charge on any atom is 0.223 e. The number of furan rings is 1. The van der Waals surface area contributed by atoms with E-state index in [1.54, 1.807) is 6.26 Å². The summed E-state index contributed by atoms with van der Waals surface area (Å²) in [6.07, 6.45) is 11.4. The molecule has 7 nitrogen and oxygen atoms in total. The predicted molar refractivity (Wildman–Crippen MR) is 125 cm³/mol. The molecule has 2 aromatic heterocycles. The van der Waals surface area contributed by atoms with Crippen molar-refractivity contribution in [3.05, 3.63) is 24.6 Å². The number of carbonyl (C=O) groups excluding carboxylic acids is 1. The van der Waals surface area contributed by atoms with Gasteiger partial charge in [0.2, 0.25) is 5.91 Å². The lowest BCUT2D eigenvalue weighted by atomic mass is 9.83. The Labute approximate surface area is 190 Å². The highest BCUT2D eigenvalue weighted by atomic mass is 16.5. The van der Waals surface area contributed by atoms with Crippen molar-refractivity contribution in [2.24, 2.45) is 11.8 Å². The third-order valence-corrected chi connectivity index (χ3v) is 7.66. The molecule has 0 spiro atoms. The van der Waals surface area contributed by atoms with Crippen LogP contribution >= 0.6 is 0 Å². The molecule has 0 bridgehead atoms. The Balaban J connectivity index is 1.01. The van der Waals surface area contributed by atoms with Crippen molar-refractivity contribution >= 4 is 22.7 Å². The minimum Gasteiger partial charge on any atom is -0.460 e. The fourth-order valence-electron chi connectivity index (χ4n) is 5.53. The minimum absolute atomic E-state index is 0.162. The molecule has 3 fully saturated rings. The van der Waals surface area contributed by atoms with Gasteiger partial charge in [0, 0.05) is 62.9 Å². The second kappa shape index (κ2) is 10.2. The molecule has 174 valence electrons. The van der Waals surface area contributed by atoms with Gasteiger partial charge in [-0.1, -0.05) is 0 Å². The zero-order valence-corrected chi connectivity index (χ0v) is 19.0. The quantitative estimate of drug-likeness (QED) is 0.742. The average Bonchev–Trinajstić information content (AvgIpc) is 3.34. The van der Waals surface area contributed by atoms with E-state index in [1.165, 1.54) is 25.8 Å². The molecule has 0 atom stereocenters. The molecule has 0 radical (unpaired) electrons. The first-order chi connectivity index (χ1) is 15.8. The summed E-state index contributed by atoms with van der Waals surface area (Å²) < 4.78 is 11.1. The van der Waals surface area contributed by atoms with Crippen molar-refractivity contribution in [3.8, 4) is 0 Å². The zero-order chi connectivity index (χ0) is 21.8. The number of aromatic nitrogens is 1. The summed E-state index contributed by atoms with van der Waals surface area (Å²) in [5.74, 6) is 2.19. The average molecular weight is 441 g/mol. The molecular formula is C25H36N4O3.